The normalized spacial score (nSPS) is 21.6. The third kappa shape index (κ3) is 2.44. The fraction of sp³-hybridized carbons (Fsp3) is 0.636. The van der Waals surface area contributed by atoms with Gasteiger partial charge in [0.25, 0.3) is 0 Å². The Labute approximate surface area is 117 Å². The topological polar surface area (TPSA) is 46.6 Å². The van der Waals surface area contributed by atoms with Crippen LogP contribution in [0.1, 0.15) is 16.9 Å². The smallest absolute Gasteiger partial charge is 0.244 e. The number of nitrogens with zero attached hydrogens (tertiary/aromatic N) is 1. The highest BCUT2D eigenvalue weighted by Crippen LogP contribution is 2.32. The van der Waals surface area contributed by atoms with Crippen molar-refractivity contribution in [3.05, 3.63) is 15.8 Å². The molecule has 0 amide bonds. The summed E-state index contributed by atoms with van der Waals surface area (Å²) in [7, 11) is -1.82. The predicted molar refractivity (Wildman–Crippen MR) is 72.8 cm³/mol. The van der Waals surface area contributed by atoms with Crippen molar-refractivity contribution < 1.29 is 13.2 Å². The van der Waals surface area contributed by atoms with Gasteiger partial charge in [-0.05, 0) is 24.3 Å². The van der Waals surface area contributed by atoms with Gasteiger partial charge in [0.2, 0.25) is 10.0 Å². The lowest BCUT2D eigenvalue weighted by Crippen LogP contribution is -2.30. The number of halogens is 1. The lowest BCUT2D eigenvalue weighted by molar-refractivity contribution is 0.115. The van der Waals surface area contributed by atoms with Crippen LogP contribution < -0.4 is 0 Å². The molecular formula is C11H16ClNO3S2. The fourth-order valence-electron chi connectivity index (χ4n) is 2.16. The second kappa shape index (κ2) is 5.46. The summed E-state index contributed by atoms with van der Waals surface area (Å²) in [5, 5.41) is 1.84. The second-order valence-corrected chi connectivity index (χ2v) is 7.42. The van der Waals surface area contributed by atoms with E-state index < -0.39 is 10.0 Å². The summed E-state index contributed by atoms with van der Waals surface area (Å²) in [6.07, 6.45) is 0.743. The Balaban J connectivity index is 2.34. The molecule has 0 bridgehead atoms. The molecule has 1 aliphatic rings. The van der Waals surface area contributed by atoms with Gasteiger partial charge in [-0.25, -0.2) is 8.42 Å². The minimum absolute atomic E-state index is 0.00170. The molecular weight excluding hydrogens is 294 g/mol. The van der Waals surface area contributed by atoms with Gasteiger partial charge in [-0.2, -0.15) is 4.31 Å². The Kier molecular flexibility index (Phi) is 4.33. The third-order valence-corrected chi connectivity index (χ3v) is 6.90. The van der Waals surface area contributed by atoms with Gasteiger partial charge in [0, 0.05) is 25.1 Å². The molecule has 4 nitrogen and oxygen atoms in total. The molecule has 2 rings (SSSR count). The highest BCUT2D eigenvalue weighted by molar-refractivity contribution is 7.89. The standard InChI is InChI=1S/C11H16ClNO3S2/c1-8-7-17-10(5-12)11(8)18(14,15)13-4-3-9(6-13)16-2/h7,9H,3-6H2,1-2H3. The van der Waals surface area contributed by atoms with E-state index in [1.165, 1.54) is 15.6 Å². The van der Waals surface area contributed by atoms with Gasteiger partial charge in [0.05, 0.1) is 12.0 Å². The van der Waals surface area contributed by atoms with Crippen molar-refractivity contribution in [1.82, 2.24) is 4.31 Å². The quantitative estimate of drug-likeness (QED) is 0.801. The number of rotatable bonds is 4. The molecule has 1 fully saturated rings. The molecule has 0 aliphatic carbocycles. The van der Waals surface area contributed by atoms with Crippen LogP contribution in [-0.2, 0) is 20.6 Å². The van der Waals surface area contributed by atoms with Gasteiger partial charge >= 0.3 is 0 Å². The number of sulfonamides is 1. The largest absolute Gasteiger partial charge is 0.380 e. The highest BCUT2D eigenvalue weighted by Gasteiger charge is 2.35. The van der Waals surface area contributed by atoms with Crippen molar-refractivity contribution in [3.63, 3.8) is 0 Å². The van der Waals surface area contributed by atoms with Crippen molar-refractivity contribution in [1.29, 1.82) is 0 Å². The molecule has 1 aromatic rings. The molecule has 102 valence electrons. The van der Waals surface area contributed by atoms with Crippen molar-refractivity contribution in [3.8, 4) is 0 Å². The number of ether oxygens (including phenoxy) is 1. The molecule has 0 aromatic carbocycles. The average molecular weight is 310 g/mol. The van der Waals surface area contributed by atoms with Crippen LogP contribution in [0.3, 0.4) is 0 Å². The molecule has 1 unspecified atom stereocenters. The maximum atomic E-state index is 12.6. The summed E-state index contributed by atoms with van der Waals surface area (Å²) in [6, 6.07) is 0. The van der Waals surface area contributed by atoms with Gasteiger partial charge in [-0.3, -0.25) is 0 Å². The van der Waals surface area contributed by atoms with E-state index in [-0.39, 0.29) is 12.0 Å². The first kappa shape index (κ1) is 14.3. The summed E-state index contributed by atoms with van der Waals surface area (Å²) in [6.45, 7) is 2.75. The molecule has 7 heteroatoms. The van der Waals surface area contributed by atoms with Crippen molar-refractivity contribution in [2.75, 3.05) is 20.2 Å². The van der Waals surface area contributed by atoms with Crippen LogP contribution in [0.4, 0.5) is 0 Å². The lowest BCUT2D eigenvalue weighted by Gasteiger charge is -2.17. The lowest BCUT2D eigenvalue weighted by atomic mass is 10.3. The van der Waals surface area contributed by atoms with Crippen LogP contribution in [0.25, 0.3) is 0 Å². The van der Waals surface area contributed by atoms with E-state index >= 15 is 0 Å². The Morgan fingerprint density at radius 2 is 2.33 bits per heavy atom. The van der Waals surface area contributed by atoms with Gasteiger partial charge in [-0.1, -0.05) is 0 Å². The summed E-state index contributed by atoms with van der Waals surface area (Å²) in [4.78, 5) is 1.11. The molecule has 2 heterocycles. The van der Waals surface area contributed by atoms with E-state index in [1.807, 2.05) is 12.3 Å². The van der Waals surface area contributed by atoms with Crippen LogP contribution in [0, 0.1) is 6.92 Å². The maximum absolute atomic E-state index is 12.6. The first-order chi connectivity index (χ1) is 8.50. The van der Waals surface area contributed by atoms with Crippen LogP contribution in [0.5, 0.6) is 0 Å². The van der Waals surface area contributed by atoms with E-state index in [4.69, 9.17) is 16.3 Å². The summed E-state index contributed by atoms with van der Waals surface area (Å²) in [5.41, 5.74) is 0.775. The van der Waals surface area contributed by atoms with Gasteiger partial charge < -0.3 is 4.74 Å². The van der Waals surface area contributed by atoms with Crippen LogP contribution in [-0.4, -0.2) is 39.0 Å². The Bertz CT molecular complexity index is 526. The Morgan fingerprint density at radius 3 is 2.89 bits per heavy atom. The van der Waals surface area contributed by atoms with E-state index in [9.17, 15) is 8.42 Å². The fourth-order valence-corrected chi connectivity index (χ4v) is 5.66. The Hall–Kier alpha value is -0.140. The van der Waals surface area contributed by atoms with E-state index in [1.54, 1.807) is 7.11 Å². The average Bonchev–Trinajstić information content (AvgIpc) is 2.95. The monoisotopic (exact) mass is 309 g/mol. The zero-order valence-corrected chi connectivity index (χ0v) is 12.7. The maximum Gasteiger partial charge on any atom is 0.244 e. The minimum atomic E-state index is -3.43. The number of methoxy groups -OCH3 is 1. The molecule has 0 N–H and O–H groups in total. The van der Waals surface area contributed by atoms with Crippen molar-refractivity contribution in [2.24, 2.45) is 0 Å². The highest BCUT2D eigenvalue weighted by atomic mass is 35.5. The van der Waals surface area contributed by atoms with E-state index in [0.717, 1.165) is 16.9 Å². The zero-order valence-electron chi connectivity index (χ0n) is 10.3. The Morgan fingerprint density at radius 1 is 1.61 bits per heavy atom. The van der Waals surface area contributed by atoms with Crippen LogP contribution in [0.2, 0.25) is 0 Å². The number of hydrogen-bond donors (Lipinski definition) is 0. The van der Waals surface area contributed by atoms with E-state index in [2.05, 4.69) is 0 Å². The minimum Gasteiger partial charge on any atom is -0.380 e. The molecule has 0 saturated carbocycles. The van der Waals surface area contributed by atoms with Crippen molar-refractivity contribution >= 4 is 33.0 Å². The van der Waals surface area contributed by atoms with E-state index in [0.29, 0.717) is 18.0 Å². The molecule has 1 atom stereocenters. The number of thiophene rings is 1. The first-order valence-corrected chi connectivity index (χ1v) is 8.52. The number of alkyl halides is 1. The zero-order chi connectivity index (χ0) is 13.3. The third-order valence-electron chi connectivity index (χ3n) is 3.15. The molecule has 0 spiro atoms. The van der Waals surface area contributed by atoms with Crippen LogP contribution >= 0.6 is 22.9 Å². The van der Waals surface area contributed by atoms with Crippen LogP contribution in [0.15, 0.2) is 10.3 Å². The SMILES string of the molecule is COC1CCN(S(=O)(=O)c2c(C)csc2CCl)C1. The predicted octanol–water partition coefficient (Wildman–Crippen LogP) is 2.20. The molecule has 0 radical (unpaired) electrons. The summed E-state index contributed by atoms with van der Waals surface area (Å²) < 4.78 is 31.9. The first-order valence-electron chi connectivity index (χ1n) is 5.66. The molecule has 1 aliphatic heterocycles. The summed E-state index contributed by atoms with van der Waals surface area (Å²) >= 11 is 7.22. The molecule has 18 heavy (non-hydrogen) atoms. The van der Waals surface area contributed by atoms with Gasteiger partial charge in [-0.15, -0.1) is 22.9 Å². The molecule has 1 saturated heterocycles. The molecule has 1 aromatic heterocycles. The van der Waals surface area contributed by atoms with Gasteiger partial charge in [0.1, 0.15) is 4.90 Å². The number of aryl methyl sites for hydroxylation is 1. The second-order valence-electron chi connectivity index (χ2n) is 4.31. The van der Waals surface area contributed by atoms with Crippen molar-refractivity contribution in [2.45, 2.75) is 30.2 Å². The summed E-state index contributed by atoms with van der Waals surface area (Å²) in [5.74, 6) is 0.231. The number of hydrogen-bond acceptors (Lipinski definition) is 4. The van der Waals surface area contributed by atoms with Gasteiger partial charge in [0.15, 0.2) is 0 Å².